The average Bonchev–Trinajstić information content (AvgIpc) is 2.67. The summed E-state index contributed by atoms with van der Waals surface area (Å²) in [4.78, 5) is 35.5. The first-order valence-electron chi connectivity index (χ1n) is 7.87. The van der Waals surface area contributed by atoms with E-state index in [1.54, 1.807) is 48.5 Å². The van der Waals surface area contributed by atoms with Crippen molar-refractivity contribution in [3.8, 4) is 12.3 Å². The van der Waals surface area contributed by atoms with Gasteiger partial charge in [-0.25, -0.2) is 0 Å². The molecule has 6 heteroatoms. The van der Waals surface area contributed by atoms with Gasteiger partial charge in [-0.1, -0.05) is 15.9 Å². The average molecular weight is 413 g/mol. The van der Waals surface area contributed by atoms with E-state index >= 15 is 0 Å². The first-order valence-corrected chi connectivity index (χ1v) is 8.99. The minimum Gasteiger partial charge on any atom is -0.326 e. The summed E-state index contributed by atoms with van der Waals surface area (Å²) in [6.45, 7) is 0. The molecule has 0 radical (unpaired) electrons. The van der Waals surface area contributed by atoms with Crippen molar-refractivity contribution >= 4 is 44.9 Å². The summed E-state index contributed by atoms with van der Waals surface area (Å²) < 4.78 is 0. The molecule has 2 rings (SSSR count). The molecular formula is C20H17BrN2O3. The molecule has 26 heavy (non-hydrogen) atoms. The number of amides is 2. The molecular weight excluding hydrogens is 396 g/mol. The molecule has 2 aromatic rings. The lowest BCUT2D eigenvalue weighted by Crippen LogP contribution is -2.12. The number of nitrogens with one attached hydrogen (secondary N) is 2. The molecule has 0 saturated carbocycles. The number of alkyl halides is 1. The fraction of sp³-hybridized carbons (Fsp3) is 0.150. The zero-order valence-electron chi connectivity index (χ0n) is 13.9. The maximum Gasteiger partial charge on any atom is 0.235 e. The number of anilines is 2. The Balaban J connectivity index is 2.02. The minimum atomic E-state index is -0.164. The summed E-state index contributed by atoms with van der Waals surface area (Å²) in [5.41, 5.74) is 2.24. The van der Waals surface area contributed by atoms with E-state index in [1.807, 2.05) is 0 Å². The van der Waals surface area contributed by atoms with Crippen molar-refractivity contribution in [2.45, 2.75) is 12.8 Å². The highest BCUT2D eigenvalue weighted by atomic mass is 79.9. The molecule has 0 aliphatic carbocycles. The zero-order valence-corrected chi connectivity index (χ0v) is 15.5. The SMILES string of the molecule is C#CCCC(=O)Nc1ccc(C(=O)c2ccc(NC(=O)CBr)cc2)cc1. The molecule has 0 aliphatic rings. The van der Waals surface area contributed by atoms with E-state index in [0.717, 1.165) is 0 Å². The monoisotopic (exact) mass is 412 g/mol. The molecule has 0 fully saturated rings. The van der Waals surface area contributed by atoms with Crippen LogP contribution in [0.2, 0.25) is 0 Å². The molecule has 0 unspecified atom stereocenters. The Morgan fingerprint density at radius 1 is 0.846 bits per heavy atom. The number of ketones is 1. The maximum absolute atomic E-state index is 12.5. The first-order chi connectivity index (χ1) is 12.5. The highest BCUT2D eigenvalue weighted by Crippen LogP contribution is 2.16. The molecule has 0 aliphatic heterocycles. The molecule has 0 atom stereocenters. The van der Waals surface area contributed by atoms with Crippen molar-refractivity contribution in [3.63, 3.8) is 0 Å². The van der Waals surface area contributed by atoms with Gasteiger partial charge in [-0.3, -0.25) is 14.4 Å². The van der Waals surface area contributed by atoms with Crippen molar-refractivity contribution in [1.29, 1.82) is 0 Å². The van der Waals surface area contributed by atoms with E-state index in [-0.39, 0.29) is 29.3 Å². The second-order valence-corrected chi connectivity index (χ2v) is 5.98. The van der Waals surface area contributed by atoms with Crippen LogP contribution in [0.4, 0.5) is 11.4 Å². The van der Waals surface area contributed by atoms with Crippen molar-refractivity contribution in [1.82, 2.24) is 0 Å². The standard InChI is InChI=1S/C20H17BrN2O3/c1-2-3-4-18(24)22-16-9-5-14(6-10-16)20(26)15-7-11-17(12-8-15)23-19(25)13-21/h1,5-12H,3-4,13H2,(H,22,24)(H,23,25). The van der Waals surface area contributed by atoms with E-state index in [4.69, 9.17) is 6.42 Å². The van der Waals surface area contributed by atoms with Gasteiger partial charge in [0.1, 0.15) is 0 Å². The van der Waals surface area contributed by atoms with Crippen molar-refractivity contribution < 1.29 is 14.4 Å². The third-order valence-electron chi connectivity index (χ3n) is 3.48. The zero-order chi connectivity index (χ0) is 18.9. The lowest BCUT2D eigenvalue weighted by atomic mass is 10.0. The number of terminal acetylenes is 1. The normalized spacial score (nSPS) is 9.85. The summed E-state index contributed by atoms with van der Waals surface area (Å²) in [6, 6.07) is 13.3. The number of hydrogen-bond donors (Lipinski definition) is 2. The third-order valence-corrected chi connectivity index (χ3v) is 3.99. The van der Waals surface area contributed by atoms with Crippen LogP contribution in [0.1, 0.15) is 28.8 Å². The van der Waals surface area contributed by atoms with E-state index in [0.29, 0.717) is 28.9 Å². The largest absolute Gasteiger partial charge is 0.326 e. The Labute approximate surface area is 160 Å². The van der Waals surface area contributed by atoms with Gasteiger partial charge in [-0.2, -0.15) is 0 Å². The summed E-state index contributed by atoms with van der Waals surface area (Å²) in [5, 5.41) is 5.62. The van der Waals surface area contributed by atoms with Crippen LogP contribution in [0.3, 0.4) is 0 Å². The van der Waals surface area contributed by atoms with Gasteiger partial charge in [0.05, 0.1) is 5.33 Å². The Bertz CT molecular complexity index is 837. The van der Waals surface area contributed by atoms with Crippen LogP contribution in [-0.2, 0) is 9.59 Å². The van der Waals surface area contributed by atoms with Crippen molar-refractivity contribution in [2.24, 2.45) is 0 Å². The van der Waals surface area contributed by atoms with Crippen LogP contribution < -0.4 is 10.6 Å². The van der Waals surface area contributed by atoms with Gasteiger partial charge in [0.15, 0.2) is 5.78 Å². The summed E-state index contributed by atoms with van der Waals surface area (Å²) in [5.74, 6) is 1.94. The van der Waals surface area contributed by atoms with Crippen LogP contribution in [0, 0.1) is 12.3 Å². The van der Waals surface area contributed by atoms with E-state index in [2.05, 4.69) is 32.5 Å². The molecule has 2 amide bonds. The Morgan fingerprint density at radius 3 is 1.73 bits per heavy atom. The number of carbonyl (C=O) groups is 3. The summed E-state index contributed by atoms with van der Waals surface area (Å²) in [7, 11) is 0. The molecule has 132 valence electrons. The molecule has 0 heterocycles. The van der Waals surface area contributed by atoms with E-state index < -0.39 is 0 Å². The molecule has 0 spiro atoms. The van der Waals surface area contributed by atoms with E-state index in [1.165, 1.54) is 0 Å². The predicted molar refractivity (Wildman–Crippen MR) is 105 cm³/mol. The van der Waals surface area contributed by atoms with Gasteiger partial charge in [-0.05, 0) is 48.5 Å². The molecule has 2 aromatic carbocycles. The van der Waals surface area contributed by atoms with Gasteiger partial charge in [-0.15, -0.1) is 12.3 Å². The van der Waals surface area contributed by atoms with Gasteiger partial charge in [0.2, 0.25) is 11.8 Å². The van der Waals surface area contributed by atoms with E-state index in [9.17, 15) is 14.4 Å². The van der Waals surface area contributed by atoms with Gasteiger partial charge in [0.25, 0.3) is 0 Å². The second-order valence-electron chi connectivity index (χ2n) is 5.42. The fourth-order valence-electron chi connectivity index (χ4n) is 2.18. The van der Waals surface area contributed by atoms with Gasteiger partial charge in [0, 0.05) is 35.3 Å². The highest BCUT2D eigenvalue weighted by molar-refractivity contribution is 9.09. The smallest absolute Gasteiger partial charge is 0.235 e. The van der Waals surface area contributed by atoms with Crippen molar-refractivity contribution in [2.75, 3.05) is 16.0 Å². The van der Waals surface area contributed by atoms with Crippen LogP contribution in [-0.4, -0.2) is 22.9 Å². The lowest BCUT2D eigenvalue weighted by Gasteiger charge is -2.07. The Hall–Kier alpha value is -2.91. The number of halogens is 1. The number of carbonyl (C=O) groups excluding carboxylic acids is 3. The van der Waals surface area contributed by atoms with Gasteiger partial charge >= 0.3 is 0 Å². The van der Waals surface area contributed by atoms with Crippen molar-refractivity contribution in [3.05, 3.63) is 59.7 Å². The highest BCUT2D eigenvalue weighted by Gasteiger charge is 2.10. The minimum absolute atomic E-state index is 0.145. The molecule has 0 saturated heterocycles. The van der Waals surface area contributed by atoms with Crippen LogP contribution in [0.15, 0.2) is 48.5 Å². The van der Waals surface area contributed by atoms with Gasteiger partial charge < -0.3 is 10.6 Å². The Morgan fingerprint density at radius 2 is 1.31 bits per heavy atom. The molecule has 0 bridgehead atoms. The third kappa shape index (κ3) is 5.57. The molecule has 5 nitrogen and oxygen atoms in total. The number of benzene rings is 2. The second kappa shape index (κ2) is 9.54. The number of hydrogen-bond acceptors (Lipinski definition) is 3. The predicted octanol–water partition coefficient (Wildman–Crippen LogP) is 3.60. The molecule has 2 N–H and O–H groups in total. The first kappa shape index (κ1) is 19.4. The number of rotatable bonds is 7. The molecule has 0 aromatic heterocycles. The fourth-order valence-corrected chi connectivity index (χ4v) is 2.32. The topological polar surface area (TPSA) is 75.3 Å². The van der Waals surface area contributed by atoms with Crippen LogP contribution in [0.25, 0.3) is 0 Å². The lowest BCUT2D eigenvalue weighted by molar-refractivity contribution is -0.116. The summed E-state index contributed by atoms with van der Waals surface area (Å²) >= 11 is 3.07. The Kier molecular flexibility index (Phi) is 7.12. The van der Waals surface area contributed by atoms with Crippen LogP contribution >= 0.6 is 15.9 Å². The summed E-state index contributed by atoms with van der Waals surface area (Å²) in [6.07, 6.45) is 5.77. The van der Waals surface area contributed by atoms with Crippen LogP contribution in [0.5, 0.6) is 0 Å². The maximum atomic E-state index is 12.5. The quantitative estimate of drug-likeness (QED) is 0.414.